The average Bonchev–Trinajstić information content (AvgIpc) is 2.63. The minimum Gasteiger partial charge on any atom is -0.497 e. The molecule has 2 amide bonds. The molecule has 2 aromatic rings. The summed E-state index contributed by atoms with van der Waals surface area (Å²) >= 11 is 0. The number of hydrogen-bond donors (Lipinski definition) is 1. The Kier molecular flexibility index (Phi) is 5.10. The molecule has 0 radical (unpaired) electrons. The van der Waals surface area contributed by atoms with Crippen molar-refractivity contribution >= 4 is 11.7 Å². The van der Waals surface area contributed by atoms with Crippen LogP contribution in [0.3, 0.4) is 0 Å². The van der Waals surface area contributed by atoms with Crippen molar-refractivity contribution in [3.63, 3.8) is 0 Å². The Labute approximate surface area is 140 Å². The summed E-state index contributed by atoms with van der Waals surface area (Å²) in [5.41, 5.74) is 0.705. The molecule has 24 heavy (non-hydrogen) atoms. The van der Waals surface area contributed by atoms with E-state index in [0.29, 0.717) is 30.4 Å². The number of benzene rings is 1. The molecule has 1 fully saturated rings. The van der Waals surface area contributed by atoms with Gasteiger partial charge in [-0.25, -0.2) is 4.79 Å². The molecule has 1 unspecified atom stereocenters. The highest BCUT2D eigenvalue weighted by atomic mass is 16.5. The number of nitrogens with zero attached hydrogens (tertiary/aromatic N) is 3. The van der Waals surface area contributed by atoms with Crippen LogP contribution in [0, 0.1) is 0 Å². The summed E-state index contributed by atoms with van der Waals surface area (Å²) in [6.45, 7) is 1.22. The maximum absolute atomic E-state index is 12.5. The first-order chi connectivity index (χ1) is 11.7. The molecule has 126 valence electrons. The number of carbonyl (C=O) groups excluding carboxylic acids is 1. The standard InChI is InChI=1S/C17H20N4O3/c1-23-14-6-2-5-13(11-14)19-17(22)21-10-4-7-15(12-21)24-16-8-3-9-18-20-16/h2-3,5-6,8-9,11,15H,4,7,10,12H2,1H3,(H,19,22). The minimum atomic E-state index is -0.143. The number of rotatable bonds is 4. The first-order valence-corrected chi connectivity index (χ1v) is 7.89. The predicted molar refractivity (Wildman–Crippen MR) is 89.3 cm³/mol. The molecule has 0 saturated carbocycles. The predicted octanol–water partition coefficient (Wildman–Crippen LogP) is 2.56. The van der Waals surface area contributed by atoms with Gasteiger partial charge in [-0.3, -0.25) is 0 Å². The number of nitrogens with one attached hydrogen (secondary N) is 1. The maximum Gasteiger partial charge on any atom is 0.321 e. The summed E-state index contributed by atoms with van der Waals surface area (Å²) in [6.07, 6.45) is 3.30. The lowest BCUT2D eigenvalue weighted by Crippen LogP contribution is -2.46. The average molecular weight is 328 g/mol. The second-order valence-corrected chi connectivity index (χ2v) is 5.55. The molecule has 1 aliphatic heterocycles. The third kappa shape index (κ3) is 4.13. The van der Waals surface area contributed by atoms with Gasteiger partial charge in [-0.2, -0.15) is 5.10 Å². The van der Waals surface area contributed by atoms with Crippen LogP contribution in [0.4, 0.5) is 10.5 Å². The van der Waals surface area contributed by atoms with Crippen molar-refractivity contribution in [2.24, 2.45) is 0 Å². The highest BCUT2D eigenvalue weighted by Crippen LogP contribution is 2.19. The third-order valence-electron chi connectivity index (χ3n) is 3.82. The number of hydrogen-bond acceptors (Lipinski definition) is 5. The van der Waals surface area contributed by atoms with Crippen LogP contribution in [0.15, 0.2) is 42.6 Å². The van der Waals surface area contributed by atoms with Gasteiger partial charge in [-0.15, -0.1) is 5.10 Å². The van der Waals surface area contributed by atoms with Crippen molar-refractivity contribution in [1.29, 1.82) is 0 Å². The summed E-state index contributed by atoms with van der Waals surface area (Å²) < 4.78 is 11.0. The molecule has 0 aliphatic carbocycles. The summed E-state index contributed by atoms with van der Waals surface area (Å²) in [4.78, 5) is 14.2. The first-order valence-electron chi connectivity index (χ1n) is 7.89. The number of urea groups is 1. The lowest BCUT2D eigenvalue weighted by Gasteiger charge is -2.32. The van der Waals surface area contributed by atoms with E-state index in [1.165, 1.54) is 0 Å². The Morgan fingerprint density at radius 1 is 1.33 bits per heavy atom. The van der Waals surface area contributed by atoms with Gasteiger partial charge < -0.3 is 19.7 Å². The van der Waals surface area contributed by atoms with E-state index in [2.05, 4.69) is 15.5 Å². The lowest BCUT2D eigenvalue weighted by molar-refractivity contribution is 0.102. The van der Waals surface area contributed by atoms with Gasteiger partial charge in [0.25, 0.3) is 0 Å². The number of amides is 2. The Balaban J connectivity index is 1.58. The molecule has 7 heteroatoms. The second kappa shape index (κ2) is 7.63. The van der Waals surface area contributed by atoms with Crippen LogP contribution in [0.1, 0.15) is 12.8 Å². The fourth-order valence-electron chi connectivity index (χ4n) is 2.64. The summed E-state index contributed by atoms with van der Waals surface area (Å²) in [7, 11) is 1.60. The fourth-order valence-corrected chi connectivity index (χ4v) is 2.64. The Bertz CT molecular complexity index is 681. The van der Waals surface area contributed by atoms with E-state index < -0.39 is 0 Å². The Morgan fingerprint density at radius 3 is 3.04 bits per heavy atom. The lowest BCUT2D eigenvalue weighted by atomic mass is 10.1. The molecular formula is C17H20N4O3. The van der Waals surface area contributed by atoms with Crippen molar-refractivity contribution in [2.75, 3.05) is 25.5 Å². The van der Waals surface area contributed by atoms with Gasteiger partial charge in [0.05, 0.1) is 13.7 Å². The van der Waals surface area contributed by atoms with E-state index in [1.54, 1.807) is 36.4 Å². The maximum atomic E-state index is 12.5. The molecule has 0 bridgehead atoms. The molecule has 0 spiro atoms. The van der Waals surface area contributed by atoms with Crippen LogP contribution in [0.25, 0.3) is 0 Å². The molecular weight excluding hydrogens is 308 g/mol. The molecule has 1 aromatic heterocycles. The molecule has 7 nitrogen and oxygen atoms in total. The molecule has 1 atom stereocenters. The number of piperidine rings is 1. The second-order valence-electron chi connectivity index (χ2n) is 5.55. The van der Waals surface area contributed by atoms with E-state index in [4.69, 9.17) is 9.47 Å². The SMILES string of the molecule is COc1cccc(NC(=O)N2CCCC(Oc3cccnn3)C2)c1. The zero-order valence-electron chi connectivity index (χ0n) is 13.5. The zero-order chi connectivity index (χ0) is 16.8. The number of likely N-dealkylation sites (tertiary alicyclic amines) is 1. The molecule has 3 rings (SSSR count). The Hall–Kier alpha value is -2.83. The van der Waals surface area contributed by atoms with E-state index in [-0.39, 0.29) is 12.1 Å². The highest BCUT2D eigenvalue weighted by Gasteiger charge is 2.25. The van der Waals surface area contributed by atoms with E-state index >= 15 is 0 Å². The van der Waals surface area contributed by atoms with Gasteiger partial charge >= 0.3 is 6.03 Å². The van der Waals surface area contributed by atoms with Gasteiger partial charge in [0, 0.05) is 30.6 Å². The van der Waals surface area contributed by atoms with Crippen LogP contribution in [0.5, 0.6) is 11.6 Å². The summed E-state index contributed by atoms with van der Waals surface area (Å²) in [5, 5.41) is 10.6. The number of ether oxygens (including phenoxy) is 2. The van der Waals surface area contributed by atoms with Crippen LogP contribution >= 0.6 is 0 Å². The van der Waals surface area contributed by atoms with Gasteiger partial charge in [0.2, 0.25) is 5.88 Å². The first kappa shape index (κ1) is 16.0. The number of anilines is 1. The molecule has 1 N–H and O–H groups in total. The van der Waals surface area contributed by atoms with Gasteiger partial charge in [-0.1, -0.05) is 6.07 Å². The zero-order valence-corrected chi connectivity index (χ0v) is 13.5. The normalized spacial score (nSPS) is 17.2. The van der Waals surface area contributed by atoms with Crippen molar-refractivity contribution < 1.29 is 14.3 Å². The Morgan fingerprint density at radius 2 is 2.25 bits per heavy atom. The number of carbonyl (C=O) groups is 1. The van der Waals surface area contributed by atoms with Gasteiger partial charge in [-0.05, 0) is 31.0 Å². The van der Waals surface area contributed by atoms with Crippen molar-refractivity contribution in [2.45, 2.75) is 18.9 Å². The van der Waals surface area contributed by atoms with E-state index in [0.717, 1.165) is 12.8 Å². The summed E-state index contributed by atoms with van der Waals surface area (Å²) in [5.74, 6) is 1.19. The number of aromatic nitrogens is 2. The van der Waals surface area contributed by atoms with Crippen LogP contribution in [-0.4, -0.2) is 47.4 Å². The quantitative estimate of drug-likeness (QED) is 0.933. The number of methoxy groups -OCH3 is 1. The molecule has 1 aliphatic rings. The largest absolute Gasteiger partial charge is 0.497 e. The van der Waals surface area contributed by atoms with E-state index in [1.807, 2.05) is 18.2 Å². The van der Waals surface area contributed by atoms with Crippen LogP contribution in [0.2, 0.25) is 0 Å². The molecule has 2 heterocycles. The topological polar surface area (TPSA) is 76.6 Å². The van der Waals surface area contributed by atoms with Crippen LogP contribution < -0.4 is 14.8 Å². The van der Waals surface area contributed by atoms with Gasteiger partial charge in [0.1, 0.15) is 11.9 Å². The third-order valence-corrected chi connectivity index (χ3v) is 3.82. The monoisotopic (exact) mass is 328 g/mol. The molecule has 1 aromatic carbocycles. The van der Waals surface area contributed by atoms with E-state index in [9.17, 15) is 4.79 Å². The van der Waals surface area contributed by atoms with Crippen molar-refractivity contribution in [3.8, 4) is 11.6 Å². The van der Waals surface area contributed by atoms with Crippen molar-refractivity contribution in [3.05, 3.63) is 42.6 Å². The molecule has 1 saturated heterocycles. The van der Waals surface area contributed by atoms with Crippen LogP contribution in [-0.2, 0) is 0 Å². The minimum absolute atomic E-state index is 0.0773. The highest BCUT2D eigenvalue weighted by molar-refractivity contribution is 5.89. The van der Waals surface area contributed by atoms with Crippen molar-refractivity contribution in [1.82, 2.24) is 15.1 Å². The smallest absolute Gasteiger partial charge is 0.321 e. The summed E-state index contributed by atoms with van der Waals surface area (Å²) in [6, 6.07) is 10.7. The fraction of sp³-hybridized carbons (Fsp3) is 0.353. The van der Waals surface area contributed by atoms with Gasteiger partial charge in [0.15, 0.2) is 0 Å².